The maximum absolute atomic E-state index is 3.68. The van der Waals surface area contributed by atoms with Gasteiger partial charge in [-0.15, -0.1) is 6.58 Å². The molecular weight excluding hydrogens is 128 g/mol. The molecule has 0 radical (unpaired) electrons. The zero-order chi connectivity index (χ0) is 6.95. The second-order valence-electron chi connectivity index (χ2n) is 2.49. The fraction of sp³-hybridized carbons (Fsp3) is 0.778. The van der Waals surface area contributed by atoms with Gasteiger partial charge in [-0.1, -0.05) is 38.7 Å². The molecule has 0 amide bonds. The molecule has 0 saturated carbocycles. The van der Waals surface area contributed by atoms with E-state index < -0.39 is 0 Å². The summed E-state index contributed by atoms with van der Waals surface area (Å²) < 4.78 is 0. The molecular formula is C9H18Ne. The van der Waals surface area contributed by atoms with Crippen molar-refractivity contribution in [3.63, 3.8) is 0 Å². The minimum atomic E-state index is 0. The van der Waals surface area contributed by atoms with Gasteiger partial charge in [0.2, 0.25) is 0 Å². The Bertz CT molecular complexity index is 59.7. The molecule has 0 saturated heterocycles. The van der Waals surface area contributed by atoms with Crippen molar-refractivity contribution in [1.82, 2.24) is 0 Å². The van der Waals surface area contributed by atoms with E-state index in [0.717, 1.165) is 0 Å². The summed E-state index contributed by atoms with van der Waals surface area (Å²) in [4.78, 5) is 0. The minimum Gasteiger partial charge on any atom is -0.103 e. The summed E-state index contributed by atoms with van der Waals surface area (Å²) in [5, 5.41) is 0. The van der Waals surface area contributed by atoms with Gasteiger partial charge >= 0.3 is 0 Å². The Balaban J connectivity index is 0. The standard InChI is InChI=1S/C9H18.Ne/c1-3-5-7-9-8-6-4-2;/h3H,1,4-9H2,2H3;. The van der Waals surface area contributed by atoms with Gasteiger partial charge in [-0.3, -0.25) is 0 Å². The summed E-state index contributed by atoms with van der Waals surface area (Å²) in [5.74, 6) is 0. The van der Waals surface area contributed by atoms with Crippen LogP contribution in [0.25, 0.3) is 0 Å². The van der Waals surface area contributed by atoms with Crippen LogP contribution in [0.2, 0.25) is 0 Å². The molecule has 10 heavy (non-hydrogen) atoms. The zero-order valence-electron chi connectivity index (χ0n) is 6.88. The van der Waals surface area contributed by atoms with Gasteiger partial charge < -0.3 is 0 Å². The Hall–Kier alpha value is -0.351. The van der Waals surface area contributed by atoms with Crippen molar-refractivity contribution in [3.05, 3.63) is 12.7 Å². The summed E-state index contributed by atoms with van der Waals surface area (Å²) in [5.41, 5.74) is 0. The van der Waals surface area contributed by atoms with Gasteiger partial charge in [0.15, 0.2) is 0 Å². The van der Waals surface area contributed by atoms with E-state index in [4.69, 9.17) is 0 Å². The molecule has 62 valence electrons. The van der Waals surface area contributed by atoms with E-state index in [0.29, 0.717) is 0 Å². The Labute approximate surface area is 65.1 Å². The van der Waals surface area contributed by atoms with Crippen molar-refractivity contribution in [2.24, 2.45) is 0 Å². The number of hydrogen-bond acceptors (Lipinski definition) is 0. The minimum absolute atomic E-state index is 0. The van der Waals surface area contributed by atoms with E-state index in [9.17, 15) is 0 Å². The molecule has 0 rings (SSSR count). The topological polar surface area (TPSA) is 0 Å². The summed E-state index contributed by atoms with van der Waals surface area (Å²) in [6.45, 7) is 5.92. The van der Waals surface area contributed by atoms with Crippen molar-refractivity contribution in [2.75, 3.05) is 0 Å². The second-order valence-corrected chi connectivity index (χ2v) is 2.49. The molecule has 0 aliphatic carbocycles. The average Bonchev–Trinajstić information content (AvgIpc) is 1.89. The number of unbranched alkanes of at least 4 members (excludes halogenated alkanes) is 5. The normalized spacial score (nSPS) is 8.50. The van der Waals surface area contributed by atoms with E-state index in [1.807, 2.05) is 6.08 Å². The first-order valence-electron chi connectivity index (χ1n) is 4.02. The average molecular weight is 146 g/mol. The molecule has 0 atom stereocenters. The maximum Gasteiger partial charge on any atom is 0 e. The molecule has 0 fully saturated rings. The van der Waals surface area contributed by atoms with Crippen LogP contribution in [0.3, 0.4) is 0 Å². The van der Waals surface area contributed by atoms with E-state index in [2.05, 4.69) is 13.5 Å². The van der Waals surface area contributed by atoms with Crippen molar-refractivity contribution in [3.8, 4) is 0 Å². The smallest absolute Gasteiger partial charge is 0 e. The molecule has 0 aromatic carbocycles. The van der Waals surface area contributed by atoms with Gasteiger partial charge in [-0.05, 0) is 12.8 Å². The Morgan fingerprint density at radius 3 is 2.20 bits per heavy atom. The van der Waals surface area contributed by atoms with Crippen molar-refractivity contribution >= 4 is 0 Å². The molecule has 0 aliphatic heterocycles. The second kappa shape index (κ2) is 11.4. The van der Waals surface area contributed by atoms with Gasteiger partial charge in [-0.25, -0.2) is 0 Å². The number of rotatable bonds is 6. The van der Waals surface area contributed by atoms with E-state index in [1.54, 1.807) is 0 Å². The van der Waals surface area contributed by atoms with Crippen LogP contribution in [0.5, 0.6) is 0 Å². The van der Waals surface area contributed by atoms with Crippen LogP contribution >= 0.6 is 0 Å². The van der Waals surface area contributed by atoms with Crippen LogP contribution in [0.15, 0.2) is 12.7 Å². The van der Waals surface area contributed by atoms with Gasteiger partial charge in [0.05, 0.1) is 0 Å². The van der Waals surface area contributed by atoms with Crippen LogP contribution < -0.4 is 0 Å². The summed E-state index contributed by atoms with van der Waals surface area (Å²) >= 11 is 0. The summed E-state index contributed by atoms with van der Waals surface area (Å²) in [6, 6.07) is 0. The zero-order valence-corrected chi connectivity index (χ0v) is 6.88. The Morgan fingerprint density at radius 2 is 1.70 bits per heavy atom. The molecule has 0 aliphatic rings. The van der Waals surface area contributed by atoms with E-state index >= 15 is 0 Å². The third-order valence-electron chi connectivity index (χ3n) is 1.51. The summed E-state index contributed by atoms with van der Waals surface area (Å²) in [6.07, 6.45) is 10.1. The van der Waals surface area contributed by atoms with Gasteiger partial charge in [-0.2, -0.15) is 0 Å². The van der Waals surface area contributed by atoms with Crippen molar-refractivity contribution in [2.45, 2.75) is 45.4 Å². The SMILES string of the molecule is C=CCCCCCCC.[Ne]. The fourth-order valence-electron chi connectivity index (χ4n) is 0.892. The van der Waals surface area contributed by atoms with Gasteiger partial charge in [0.1, 0.15) is 0 Å². The largest absolute Gasteiger partial charge is 0.103 e. The molecule has 0 spiro atoms. The maximum atomic E-state index is 3.68. The number of hydrogen-bond donors (Lipinski definition) is 0. The van der Waals surface area contributed by atoms with Crippen molar-refractivity contribution in [1.29, 1.82) is 0 Å². The van der Waals surface area contributed by atoms with Crippen molar-refractivity contribution < 1.29 is 6.15 Å². The van der Waals surface area contributed by atoms with Crippen LogP contribution in [0, 0.1) is 6.15 Å². The molecule has 0 heterocycles. The van der Waals surface area contributed by atoms with Crippen LogP contribution in [-0.2, 0) is 0 Å². The molecule has 0 aromatic rings. The first kappa shape index (κ1) is 12.3. The van der Waals surface area contributed by atoms with Gasteiger partial charge in [0, 0.05) is 6.15 Å². The third kappa shape index (κ3) is 10.6. The fourth-order valence-corrected chi connectivity index (χ4v) is 0.892. The van der Waals surface area contributed by atoms with E-state index in [-0.39, 0.29) is 6.15 Å². The van der Waals surface area contributed by atoms with Crippen LogP contribution in [0.4, 0.5) is 0 Å². The van der Waals surface area contributed by atoms with Crippen LogP contribution in [0.1, 0.15) is 45.4 Å². The summed E-state index contributed by atoms with van der Waals surface area (Å²) in [7, 11) is 0. The molecule has 1 heteroatoms. The van der Waals surface area contributed by atoms with Crippen LogP contribution in [-0.4, -0.2) is 0 Å². The predicted octanol–water partition coefficient (Wildman–Crippen LogP) is 3.53. The first-order chi connectivity index (χ1) is 4.41. The quantitative estimate of drug-likeness (QED) is 0.397. The monoisotopic (exact) mass is 146 g/mol. The molecule has 0 bridgehead atoms. The molecule has 0 aromatic heterocycles. The third-order valence-corrected chi connectivity index (χ3v) is 1.51. The number of allylic oxidation sites excluding steroid dienone is 1. The molecule has 0 N–H and O–H groups in total. The molecule has 0 nitrogen and oxygen atoms in total. The Kier molecular flexibility index (Phi) is 14.1. The molecule has 0 unspecified atom stereocenters. The Morgan fingerprint density at radius 1 is 1.10 bits per heavy atom. The first-order valence-corrected chi connectivity index (χ1v) is 4.02. The van der Waals surface area contributed by atoms with E-state index in [1.165, 1.54) is 38.5 Å². The van der Waals surface area contributed by atoms with Gasteiger partial charge in [0.25, 0.3) is 0 Å². The predicted molar refractivity (Wildman–Crippen MR) is 43.6 cm³/mol.